The minimum absolute atomic E-state index is 0.217. The van der Waals surface area contributed by atoms with Gasteiger partial charge in [0.15, 0.2) is 5.78 Å². The Morgan fingerprint density at radius 3 is 2.60 bits per heavy atom. The fourth-order valence-corrected chi connectivity index (χ4v) is 2.91. The fourth-order valence-electron chi connectivity index (χ4n) is 1.97. The normalized spacial score (nSPS) is 10.3. The van der Waals surface area contributed by atoms with Crippen molar-refractivity contribution in [1.29, 1.82) is 0 Å². The Morgan fingerprint density at radius 1 is 1.40 bits per heavy atom. The first kappa shape index (κ1) is 14.2. The molecule has 20 heavy (non-hydrogen) atoms. The summed E-state index contributed by atoms with van der Waals surface area (Å²) in [5.74, 6) is -0.228. The number of thiophene rings is 1. The second-order valence-electron chi connectivity index (χ2n) is 4.20. The fraction of sp³-hybridized carbons (Fsp3) is 0.143. The second-order valence-corrected chi connectivity index (χ2v) is 5.46. The smallest absolute Gasteiger partial charge is 0.211 e. The van der Waals surface area contributed by atoms with Gasteiger partial charge in [-0.25, -0.2) is 0 Å². The van der Waals surface area contributed by atoms with Gasteiger partial charge < -0.3 is 16.2 Å². The van der Waals surface area contributed by atoms with Crippen molar-refractivity contribution in [3.05, 3.63) is 45.8 Å². The van der Waals surface area contributed by atoms with Gasteiger partial charge in [-0.2, -0.15) is 0 Å². The lowest BCUT2D eigenvalue weighted by molar-refractivity contribution is -0.105. The van der Waals surface area contributed by atoms with Crippen LogP contribution in [0.15, 0.2) is 24.3 Å². The third-order valence-corrected chi connectivity index (χ3v) is 3.97. The van der Waals surface area contributed by atoms with Gasteiger partial charge in [-0.3, -0.25) is 9.59 Å². The average Bonchev–Trinajstić information content (AvgIpc) is 2.73. The first-order valence-corrected chi connectivity index (χ1v) is 6.73. The lowest BCUT2D eigenvalue weighted by atomic mass is 10.0. The molecule has 2 aromatic rings. The second kappa shape index (κ2) is 5.85. The predicted molar refractivity (Wildman–Crippen MR) is 79.0 cm³/mol. The summed E-state index contributed by atoms with van der Waals surface area (Å²) in [6, 6.07) is 6.49. The third kappa shape index (κ3) is 2.56. The van der Waals surface area contributed by atoms with Crippen LogP contribution in [0.1, 0.15) is 26.4 Å². The first-order valence-electron chi connectivity index (χ1n) is 5.92. The molecule has 4 N–H and O–H groups in total. The summed E-state index contributed by atoms with van der Waals surface area (Å²) in [5.41, 5.74) is 7.87. The molecule has 0 saturated carbocycles. The maximum Gasteiger partial charge on any atom is 0.211 e. The Labute approximate surface area is 120 Å². The molecule has 1 aromatic carbocycles. The van der Waals surface area contributed by atoms with E-state index in [1.165, 1.54) is 11.3 Å². The quantitative estimate of drug-likeness (QED) is 0.579. The van der Waals surface area contributed by atoms with E-state index in [0.29, 0.717) is 33.8 Å². The number of amides is 1. The number of benzene rings is 1. The number of hydrogen-bond donors (Lipinski definition) is 3. The van der Waals surface area contributed by atoms with Crippen LogP contribution in [0.3, 0.4) is 0 Å². The van der Waals surface area contributed by atoms with E-state index in [-0.39, 0.29) is 12.4 Å². The molecular formula is C14H14N2O3S. The number of nitrogens with two attached hydrogens (primary N) is 1. The van der Waals surface area contributed by atoms with Gasteiger partial charge >= 0.3 is 0 Å². The van der Waals surface area contributed by atoms with Gasteiger partial charge in [0.25, 0.3) is 0 Å². The number of carbonyl (C=O) groups excluding carboxylic acids is 2. The largest absolute Gasteiger partial charge is 0.392 e. The van der Waals surface area contributed by atoms with E-state index in [9.17, 15) is 14.7 Å². The number of ketones is 1. The topological polar surface area (TPSA) is 92.4 Å². The Kier molecular flexibility index (Phi) is 4.16. The van der Waals surface area contributed by atoms with Gasteiger partial charge in [0, 0.05) is 21.7 Å². The van der Waals surface area contributed by atoms with Gasteiger partial charge in [-0.15, -0.1) is 11.3 Å². The van der Waals surface area contributed by atoms with Gasteiger partial charge in [-0.1, -0.05) is 0 Å². The van der Waals surface area contributed by atoms with Crippen LogP contribution >= 0.6 is 11.3 Å². The van der Waals surface area contributed by atoms with Crippen LogP contribution in [0, 0.1) is 6.92 Å². The summed E-state index contributed by atoms with van der Waals surface area (Å²) >= 11 is 1.29. The molecule has 1 amide bonds. The molecule has 0 radical (unpaired) electrons. The Bertz CT molecular complexity index is 647. The molecule has 0 unspecified atom stereocenters. The Balaban J connectivity index is 2.38. The number of aryl methyl sites for hydroxylation is 1. The molecule has 6 heteroatoms. The molecule has 0 fully saturated rings. The number of nitrogen functional groups attached to an aromatic ring is 1. The molecule has 0 spiro atoms. The van der Waals surface area contributed by atoms with Gasteiger partial charge in [0.1, 0.15) is 0 Å². The van der Waals surface area contributed by atoms with Crippen molar-refractivity contribution in [2.24, 2.45) is 0 Å². The predicted octanol–water partition coefficient (Wildman–Crippen LogP) is 1.93. The van der Waals surface area contributed by atoms with E-state index in [2.05, 4.69) is 5.32 Å². The van der Waals surface area contributed by atoms with Crippen LogP contribution in [-0.4, -0.2) is 17.3 Å². The van der Waals surface area contributed by atoms with Crippen molar-refractivity contribution < 1.29 is 14.7 Å². The monoisotopic (exact) mass is 290 g/mol. The molecule has 0 aliphatic rings. The lowest BCUT2D eigenvalue weighted by Crippen LogP contribution is -2.06. The number of carbonyl (C=O) groups is 2. The van der Waals surface area contributed by atoms with E-state index >= 15 is 0 Å². The van der Waals surface area contributed by atoms with Crippen LogP contribution in [0.4, 0.5) is 10.7 Å². The highest BCUT2D eigenvalue weighted by atomic mass is 32.1. The molecule has 0 saturated heterocycles. The third-order valence-electron chi connectivity index (χ3n) is 2.99. The zero-order valence-corrected chi connectivity index (χ0v) is 11.7. The van der Waals surface area contributed by atoms with Gasteiger partial charge in [-0.05, 0) is 31.2 Å². The van der Waals surface area contributed by atoms with Crippen LogP contribution in [0.2, 0.25) is 0 Å². The van der Waals surface area contributed by atoms with Crippen LogP contribution in [0.25, 0.3) is 0 Å². The van der Waals surface area contributed by atoms with Crippen LogP contribution < -0.4 is 11.1 Å². The Morgan fingerprint density at radius 2 is 2.05 bits per heavy atom. The minimum atomic E-state index is -0.228. The molecule has 1 aromatic heterocycles. The van der Waals surface area contributed by atoms with E-state index in [0.717, 1.165) is 4.88 Å². The first-order chi connectivity index (χ1) is 9.58. The molecule has 104 valence electrons. The number of aliphatic hydroxyl groups excluding tert-OH is 1. The SMILES string of the molecule is Cc1sc(N)c(C(=O)c2ccc(NC=O)cc2)c1CO. The maximum absolute atomic E-state index is 12.5. The van der Waals surface area contributed by atoms with Crippen LogP contribution in [-0.2, 0) is 11.4 Å². The van der Waals surface area contributed by atoms with E-state index < -0.39 is 0 Å². The van der Waals surface area contributed by atoms with Crippen molar-refractivity contribution >= 4 is 34.2 Å². The molecular weight excluding hydrogens is 276 g/mol. The average molecular weight is 290 g/mol. The molecule has 1 heterocycles. The van der Waals surface area contributed by atoms with Crippen molar-refractivity contribution in [3.63, 3.8) is 0 Å². The highest BCUT2D eigenvalue weighted by Gasteiger charge is 2.21. The number of anilines is 2. The number of rotatable bonds is 5. The number of nitrogens with one attached hydrogen (secondary N) is 1. The zero-order chi connectivity index (χ0) is 14.7. The summed E-state index contributed by atoms with van der Waals surface area (Å²) in [6.07, 6.45) is 0.570. The lowest BCUT2D eigenvalue weighted by Gasteiger charge is -2.05. The number of aliphatic hydroxyl groups is 1. The Hall–Kier alpha value is -2.18. The highest BCUT2D eigenvalue weighted by molar-refractivity contribution is 7.16. The molecule has 0 aliphatic heterocycles. The summed E-state index contributed by atoms with van der Waals surface area (Å²) in [5, 5.41) is 12.3. The maximum atomic E-state index is 12.5. The molecule has 0 aliphatic carbocycles. The minimum Gasteiger partial charge on any atom is -0.392 e. The van der Waals surface area contributed by atoms with Crippen LogP contribution in [0.5, 0.6) is 0 Å². The summed E-state index contributed by atoms with van der Waals surface area (Å²) in [6.45, 7) is 1.60. The molecule has 0 bridgehead atoms. The summed E-state index contributed by atoms with van der Waals surface area (Å²) < 4.78 is 0. The van der Waals surface area contributed by atoms with Crippen molar-refractivity contribution in [2.75, 3.05) is 11.1 Å². The summed E-state index contributed by atoms with van der Waals surface area (Å²) in [7, 11) is 0. The van der Waals surface area contributed by atoms with E-state index in [1.807, 2.05) is 6.92 Å². The number of hydrogen-bond acceptors (Lipinski definition) is 5. The van der Waals surface area contributed by atoms with E-state index in [4.69, 9.17) is 5.73 Å². The van der Waals surface area contributed by atoms with E-state index in [1.54, 1.807) is 24.3 Å². The summed E-state index contributed by atoms with van der Waals surface area (Å²) in [4.78, 5) is 23.6. The van der Waals surface area contributed by atoms with Crippen molar-refractivity contribution in [3.8, 4) is 0 Å². The molecule has 0 atom stereocenters. The highest BCUT2D eigenvalue weighted by Crippen LogP contribution is 2.32. The van der Waals surface area contributed by atoms with Gasteiger partial charge in [0.05, 0.1) is 17.2 Å². The molecule has 5 nitrogen and oxygen atoms in total. The van der Waals surface area contributed by atoms with Gasteiger partial charge in [0.2, 0.25) is 6.41 Å². The van der Waals surface area contributed by atoms with Crippen molar-refractivity contribution in [1.82, 2.24) is 0 Å². The standard InChI is InChI=1S/C14H14N2O3S/c1-8-11(6-17)12(14(15)20-8)13(19)9-2-4-10(5-3-9)16-7-18/h2-5,7,17H,6,15H2,1H3,(H,16,18). The van der Waals surface area contributed by atoms with Crippen molar-refractivity contribution in [2.45, 2.75) is 13.5 Å². The molecule has 2 rings (SSSR count). The zero-order valence-electron chi connectivity index (χ0n) is 10.8.